The molecular formula is C19H25ClN6O2. The van der Waals surface area contributed by atoms with E-state index in [9.17, 15) is 4.79 Å². The van der Waals surface area contributed by atoms with Crippen LogP contribution in [0.25, 0.3) is 0 Å². The zero-order valence-corrected chi connectivity index (χ0v) is 17.0. The number of halogens is 1. The van der Waals surface area contributed by atoms with Crippen LogP contribution in [-0.2, 0) is 4.74 Å². The van der Waals surface area contributed by atoms with Crippen LogP contribution in [0, 0.1) is 0 Å². The minimum absolute atomic E-state index is 0.399. The molecule has 1 saturated heterocycles. The van der Waals surface area contributed by atoms with Crippen LogP contribution in [-0.4, -0.2) is 47.8 Å². The lowest BCUT2D eigenvalue weighted by Crippen LogP contribution is -2.44. The monoisotopic (exact) mass is 404 g/mol. The summed E-state index contributed by atoms with van der Waals surface area (Å²) in [5.74, 6) is 1.09. The summed E-state index contributed by atoms with van der Waals surface area (Å²) in [6.07, 6.45) is 1.05. The van der Waals surface area contributed by atoms with Gasteiger partial charge >= 0.3 is 6.09 Å². The summed E-state index contributed by atoms with van der Waals surface area (Å²) < 4.78 is 5.32. The van der Waals surface area contributed by atoms with E-state index in [-0.39, 0.29) is 0 Å². The van der Waals surface area contributed by atoms with Gasteiger partial charge in [0.15, 0.2) is 5.82 Å². The number of rotatable bonds is 4. The summed E-state index contributed by atoms with van der Waals surface area (Å²) in [6.45, 7) is 8.86. The van der Waals surface area contributed by atoms with Crippen molar-refractivity contribution in [3.8, 4) is 0 Å². The highest BCUT2D eigenvalue weighted by atomic mass is 35.5. The van der Waals surface area contributed by atoms with Crippen LogP contribution in [0.15, 0.2) is 30.5 Å². The van der Waals surface area contributed by atoms with Gasteiger partial charge in [0, 0.05) is 26.2 Å². The second-order valence-corrected chi connectivity index (χ2v) is 7.81. The van der Waals surface area contributed by atoms with Crippen molar-refractivity contribution in [2.24, 2.45) is 0 Å². The molecule has 150 valence electrons. The molecule has 0 atom stereocenters. The Bertz CT molecular complexity index is 833. The normalized spacial score (nSPS) is 14.5. The molecule has 8 nitrogen and oxygen atoms in total. The van der Waals surface area contributed by atoms with E-state index in [0.29, 0.717) is 28.2 Å². The Balaban J connectivity index is 1.78. The number of aromatic nitrogens is 2. The topological polar surface area (TPSA) is 91.4 Å². The Labute approximate surface area is 169 Å². The third kappa shape index (κ3) is 5.46. The minimum atomic E-state index is -0.579. The number of carbonyl (C=O) groups excluding carboxylic acids is 1. The molecule has 1 aliphatic heterocycles. The molecule has 3 rings (SSSR count). The maximum atomic E-state index is 12.1. The molecule has 3 N–H and O–H groups in total. The third-order valence-electron chi connectivity index (χ3n) is 3.95. The number of amides is 1. The van der Waals surface area contributed by atoms with Crippen molar-refractivity contribution in [3.63, 3.8) is 0 Å². The summed E-state index contributed by atoms with van der Waals surface area (Å²) in [7, 11) is 0. The molecule has 1 fully saturated rings. The Kier molecular flexibility index (Phi) is 6.21. The highest BCUT2D eigenvalue weighted by Gasteiger charge is 2.19. The molecule has 0 unspecified atom stereocenters. The van der Waals surface area contributed by atoms with Gasteiger partial charge in [0.25, 0.3) is 0 Å². The van der Waals surface area contributed by atoms with Crippen molar-refractivity contribution in [2.45, 2.75) is 26.4 Å². The number of anilines is 4. The average Bonchev–Trinajstić information content (AvgIpc) is 2.64. The summed E-state index contributed by atoms with van der Waals surface area (Å²) in [5, 5.41) is 9.72. The first-order valence-electron chi connectivity index (χ1n) is 9.16. The molecule has 2 aromatic rings. The number of benzene rings is 1. The molecule has 1 aliphatic rings. The molecule has 0 saturated carbocycles. The van der Waals surface area contributed by atoms with Gasteiger partial charge < -0.3 is 20.3 Å². The van der Waals surface area contributed by atoms with E-state index < -0.39 is 11.7 Å². The second kappa shape index (κ2) is 8.62. The van der Waals surface area contributed by atoms with Crippen LogP contribution >= 0.6 is 11.6 Å². The molecule has 0 spiro atoms. The SMILES string of the molecule is CC(C)(C)OC(=O)Nc1ccccc1Nc1ncc(Cl)c(N2CCNCC2)n1. The number of carbonyl (C=O) groups is 1. The zero-order valence-electron chi connectivity index (χ0n) is 16.3. The van der Waals surface area contributed by atoms with E-state index in [4.69, 9.17) is 16.3 Å². The fourth-order valence-corrected chi connectivity index (χ4v) is 2.96. The first kappa shape index (κ1) is 20.2. The molecule has 9 heteroatoms. The highest BCUT2D eigenvalue weighted by Crippen LogP contribution is 2.28. The molecule has 28 heavy (non-hydrogen) atoms. The molecule has 0 aliphatic carbocycles. The summed E-state index contributed by atoms with van der Waals surface area (Å²) >= 11 is 6.31. The lowest BCUT2D eigenvalue weighted by molar-refractivity contribution is 0.0636. The van der Waals surface area contributed by atoms with Gasteiger partial charge in [-0.15, -0.1) is 0 Å². The van der Waals surface area contributed by atoms with Crippen LogP contribution in [0.1, 0.15) is 20.8 Å². The quantitative estimate of drug-likeness (QED) is 0.716. The molecule has 0 radical (unpaired) electrons. The van der Waals surface area contributed by atoms with E-state index in [1.165, 1.54) is 0 Å². The third-order valence-corrected chi connectivity index (χ3v) is 4.22. The number of ether oxygens (including phenoxy) is 1. The van der Waals surface area contributed by atoms with Crippen LogP contribution in [0.5, 0.6) is 0 Å². The number of hydrogen-bond acceptors (Lipinski definition) is 7. The fraction of sp³-hybridized carbons (Fsp3) is 0.421. The first-order valence-corrected chi connectivity index (χ1v) is 9.54. The number of nitrogens with zero attached hydrogens (tertiary/aromatic N) is 3. The number of nitrogens with one attached hydrogen (secondary N) is 3. The Morgan fingerprint density at radius 1 is 1.21 bits per heavy atom. The predicted molar refractivity (Wildman–Crippen MR) is 112 cm³/mol. The van der Waals surface area contributed by atoms with Crippen LogP contribution in [0.3, 0.4) is 0 Å². The lowest BCUT2D eigenvalue weighted by atomic mass is 10.2. The molecular weight excluding hydrogens is 380 g/mol. The smallest absolute Gasteiger partial charge is 0.412 e. The van der Waals surface area contributed by atoms with Gasteiger partial charge in [0.05, 0.1) is 17.6 Å². The molecule has 0 bridgehead atoms. The summed E-state index contributed by atoms with van der Waals surface area (Å²) in [4.78, 5) is 23.1. The largest absolute Gasteiger partial charge is 0.444 e. The molecule has 1 aromatic heterocycles. The maximum absolute atomic E-state index is 12.1. The van der Waals surface area contributed by atoms with E-state index in [0.717, 1.165) is 26.2 Å². The summed E-state index contributed by atoms with van der Waals surface area (Å²) in [6, 6.07) is 7.29. The zero-order chi connectivity index (χ0) is 20.1. The fourth-order valence-electron chi connectivity index (χ4n) is 2.75. The molecule has 2 heterocycles. The van der Waals surface area contributed by atoms with Gasteiger partial charge in [-0.3, -0.25) is 5.32 Å². The van der Waals surface area contributed by atoms with Gasteiger partial charge in [0.1, 0.15) is 10.6 Å². The lowest BCUT2D eigenvalue weighted by Gasteiger charge is -2.29. The first-order chi connectivity index (χ1) is 13.3. The van der Waals surface area contributed by atoms with Crippen molar-refractivity contribution < 1.29 is 9.53 Å². The van der Waals surface area contributed by atoms with Crippen molar-refractivity contribution in [2.75, 3.05) is 41.7 Å². The van der Waals surface area contributed by atoms with Gasteiger partial charge in [-0.1, -0.05) is 23.7 Å². The number of piperazine rings is 1. The van der Waals surface area contributed by atoms with Crippen LogP contribution in [0.4, 0.5) is 27.9 Å². The molecule has 1 aromatic carbocycles. The standard InChI is InChI=1S/C19H25ClN6O2/c1-19(2,3)28-18(27)24-15-7-5-4-6-14(15)23-17-22-12-13(20)16(25-17)26-10-8-21-9-11-26/h4-7,12,21H,8-11H2,1-3H3,(H,24,27)(H,22,23,25). The van der Waals surface area contributed by atoms with E-state index in [1.807, 2.05) is 39.0 Å². The Morgan fingerprint density at radius 3 is 2.57 bits per heavy atom. The highest BCUT2D eigenvalue weighted by molar-refractivity contribution is 6.32. The predicted octanol–water partition coefficient (Wildman–Crippen LogP) is 3.63. The van der Waals surface area contributed by atoms with Gasteiger partial charge in [-0.25, -0.2) is 9.78 Å². The summed E-state index contributed by atoms with van der Waals surface area (Å²) in [5.41, 5.74) is 0.644. The van der Waals surface area contributed by atoms with Crippen molar-refractivity contribution >= 4 is 40.8 Å². The number of hydrogen-bond donors (Lipinski definition) is 3. The minimum Gasteiger partial charge on any atom is -0.444 e. The van der Waals surface area contributed by atoms with Crippen LogP contribution in [0.2, 0.25) is 5.02 Å². The average molecular weight is 405 g/mol. The van der Waals surface area contributed by atoms with Gasteiger partial charge in [-0.2, -0.15) is 4.98 Å². The number of para-hydroxylation sites is 2. The Hall–Kier alpha value is -2.58. The van der Waals surface area contributed by atoms with E-state index in [1.54, 1.807) is 12.3 Å². The maximum Gasteiger partial charge on any atom is 0.412 e. The van der Waals surface area contributed by atoms with Crippen molar-refractivity contribution in [1.29, 1.82) is 0 Å². The van der Waals surface area contributed by atoms with E-state index >= 15 is 0 Å². The van der Waals surface area contributed by atoms with Crippen molar-refractivity contribution in [1.82, 2.24) is 15.3 Å². The van der Waals surface area contributed by atoms with Crippen LogP contribution < -0.4 is 20.9 Å². The van der Waals surface area contributed by atoms with Crippen molar-refractivity contribution in [3.05, 3.63) is 35.5 Å². The molecule has 1 amide bonds. The van der Waals surface area contributed by atoms with Gasteiger partial charge in [0.2, 0.25) is 5.95 Å². The van der Waals surface area contributed by atoms with Gasteiger partial charge in [-0.05, 0) is 32.9 Å². The second-order valence-electron chi connectivity index (χ2n) is 7.40. The Morgan fingerprint density at radius 2 is 1.89 bits per heavy atom. The van der Waals surface area contributed by atoms with E-state index in [2.05, 4.69) is 30.8 Å².